The van der Waals surface area contributed by atoms with Crippen LogP contribution in [0.5, 0.6) is 0 Å². The molecular formula is C9H12N2O4S. The van der Waals surface area contributed by atoms with Crippen molar-refractivity contribution in [2.24, 2.45) is 5.16 Å². The minimum Gasteiger partial charge on any atom is -0.465 e. The van der Waals surface area contributed by atoms with Gasteiger partial charge in [-0.1, -0.05) is 5.16 Å². The lowest BCUT2D eigenvalue weighted by molar-refractivity contribution is -0.135. The topological polar surface area (TPSA) is 68.2 Å². The Labute approximate surface area is 97.2 Å². The summed E-state index contributed by atoms with van der Waals surface area (Å²) in [4.78, 5) is 29.5. The van der Waals surface area contributed by atoms with Crippen LogP contribution in [0.3, 0.4) is 0 Å². The molecule has 1 heterocycles. The van der Waals surface area contributed by atoms with E-state index in [9.17, 15) is 9.59 Å². The maximum absolute atomic E-state index is 11.8. The molecule has 0 saturated carbocycles. The fourth-order valence-corrected chi connectivity index (χ4v) is 1.98. The Balaban J connectivity index is 3.30. The summed E-state index contributed by atoms with van der Waals surface area (Å²) < 4.78 is 4.61. The molecule has 88 valence electrons. The lowest BCUT2D eigenvalue weighted by Gasteiger charge is -2.09. The molecule has 1 aliphatic rings. The number of carbonyl (C=O) groups is 2. The van der Waals surface area contributed by atoms with E-state index in [2.05, 4.69) is 14.7 Å². The number of carbonyl (C=O) groups excluding carboxylic acids is 2. The highest BCUT2D eigenvalue weighted by atomic mass is 32.2. The van der Waals surface area contributed by atoms with Crippen LogP contribution >= 0.6 is 11.8 Å². The zero-order valence-electron chi connectivity index (χ0n) is 9.44. The largest absolute Gasteiger partial charge is 0.465 e. The number of oxime groups is 1. The van der Waals surface area contributed by atoms with Gasteiger partial charge >= 0.3 is 5.97 Å². The van der Waals surface area contributed by atoms with Gasteiger partial charge in [-0.25, -0.2) is 4.79 Å². The van der Waals surface area contributed by atoms with E-state index in [0.717, 1.165) is 0 Å². The first-order valence-corrected chi connectivity index (χ1v) is 5.57. The van der Waals surface area contributed by atoms with Gasteiger partial charge in [0.2, 0.25) is 0 Å². The first-order valence-electron chi connectivity index (χ1n) is 4.34. The Hall–Kier alpha value is -1.50. The second-order valence-corrected chi connectivity index (χ2v) is 3.68. The van der Waals surface area contributed by atoms with E-state index >= 15 is 0 Å². The van der Waals surface area contributed by atoms with Crippen molar-refractivity contribution in [1.82, 2.24) is 4.90 Å². The summed E-state index contributed by atoms with van der Waals surface area (Å²) in [5.74, 6) is -0.717. The first-order chi connectivity index (χ1) is 7.58. The van der Waals surface area contributed by atoms with E-state index in [1.165, 1.54) is 37.9 Å². The van der Waals surface area contributed by atoms with E-state index in [0.29, 0.717) is 4.91 Å². The lowest BCUT2D eigenvalue weighted by Crippen LogP contribution is -2.28. The molecule has 16 heavy (non-hydrogen) atoms. The number of amides is 1. The van der Waals surface area contributed by atoms with Gasteiger partial charge in [0, 0.05) is 7.05 Å². The van der Waals surface area contributed by atoms with Crippen LogP contribution in [0.2, 0.25) is 0 Å². The van der Waals surface area contributed by atoms with Crippen LogP contribution < -0.4 is 0 Å². The van der Waals surface area contributed by atoms with Gasteiger partial charge in [0.25, 0.3) is 5.91 Å². The number of hydrogen-bond donors (Lipinski definition) is 0. The van der Waals surface area contributed by atoms with E-state index in [-0.39, 0.29) is 17.3 Å². The molecule has 0 fully saturated rings. The standard InChI is InChI=1S/C9H12N2O4S/c1-11-7(10-15-3)5(9(13)14-2)6(16-4)8(11)12/h1-4H3. The maximum atomic E-state index is 11.8. The summed E-state index contributed by atoms with van der Waals surface area (Å²) >= 11 is 1.18. The van der Waals surface area contributed by atoms with Crippen LogP contribution in [-0.2, 0) is 19.2 Å². The highest BCUT2D eigenvalue weighted by Gasteiger charge is 2.38. The normalized spacial score (nSPS) is 18.4. The zero-order valence-corrected chi connectivity index (χ0v) is 10.3. The van der Waals surface area contributed by atoms with Crippen molar-refractivity contribution in [3.05, 3.63) is 10.5 Å². The minimum atomic E-state index is -0.599. The molecule has 0 aromatic carbocycles. The molecule has 0 aromatic heterocycles. The second kappa shape index (κ2) is 5.02. The number of hydrogen-bond acceptors (Lipinski definition) is 6. The Kier molecular flexibility index (Phi) is 3.94. The number of thioether (sulfide) groups is 1. The summed E-state index contributed by atoms with van der Waals surface area (Å²) in [6, 6.07) is 0. The fraction of sp³-hybridized carbons (Fsp3) is 0.444. The summed E-state index contributed by atoms with van der Waals surface area (Å²) in [6.07, 6.45) is 1.71. The molecule has 0 bridgehead atoms. The number of esters is 1. The minimum absolute atomic E-state index is 0.143. The average Bonchev–Trinajstić information content (AvgIpc) is 2.53. The first kappa shape index (κ1) is 12.6. The Morgan fingerprint density at radius 3 is 2.50 bits per heavy atom. The maximum Gasteiger partial charge on any atom is 0.343 e. The van der Waals surface area contributed by atoms with Gasteiger partial charge in [-0.05, 0) is 6.26 Å². The van der Waals surface area contributed by atoms with Gasteiger partial charge < -0.3 is 9.57 Å². The molecule has 0 radical (unpaired) electrons. The van der Waals surface area contributed by atoms with Crippen molar-refractivity contribution >= 4 is 29.5 Å². The Morgan fingerprint density at radius 1 is 1.44 bits per heavy atom. The third kappa shape index (κ3) is 1.90. The average molecular weight is 244 g/mol. The van der Waals surface area contributed by atoms with E-state index in [1.807, 2.05) is 0 Å². The number of amidine groups is 1. The number of nitrogens with zero attached hydrogens (tertiary/aromatic N) is 2. The highest BCUT2D eigenvalue weighted by Crippen LogP contribution is 2.28. The van der Waals surface area contributed by atoms with Crippen LogP contribution in [0.25, 0.3) is 0 Å². The van der Waals surface area contributed by atoms with Crippen molar-refractivity contribution in [2.75, 3.05) is 27.5 Å². The third-order valence-corrected chi connectivity index (χ3v) is 2.83. The molecule has 0 unspecified atom stereocenters. The highest BCUT2D eigenvalue weighted by molar-refractivity contribution is 8.03. The van der Waals surface area contributed by atoms with Crippen LogP contribution in [0.4, 0.5) is 0 Å². The van der Waals surface area contributed by atoms with Crippen LogP contribution in [-0.4, -0.2) is 50.1 Å². The predicted molar refractivity (Wildman–Crippen MR) is 59.8 cm³/mol. The third-order valence-electron chi connectivity index (χ3n) is 2.04. The zero-order chi connectivity index (χ0) is 12.3. The van der Waals surface area contributed by atoms with Crippen molar-refractivity contribution < 1.29 is 19.2 Å². The molecule has 1 amide bonds. The van der Waals surface area contributed by atoms with E-state index in [1.54, 1.807) is 6.26 Å². The van der Waals surface area contributed by atoms with Gasteiger partial charge in [-0.2, -0.15) is 0 Å². The van der Waals surface area contributed by atoms with E-state index in [4.69, 9.17) is 0 Å². The number of methoxy groups -OCH3 is 1. The molecule has 0 atom stereocenters. The molecule has 0 N–H and O–H groups in total. The van der Waals surface area contributed by atoms with E-state index < -0.39 is 5.97 Å². The Morgan fingerprint density at radius 2 is 2.06 bits per heavy atom. The molecule has 0 spiro atoms. The summed E-state index contributed by atoms with van der Waals surface area (Å²) in [5.41, 5.74) is 0.143. The summed E-state index contributed by atoms with van der Waals surface area (Å²) in [6.45, 7) is 0. The predicted octanol–water partition coefficient (Wildman–Crippen LogP) is 0.208. The number of likely N-dealkylation sites (N-methyl/N-ethyl adjacent to an activating group) is 1. The van der Waals surface area contributed by atoms with Crippen molar-refractivity contribution in [2.45, 2.75) is 0 Å². The SMILES string of the molecule is CON=C1C(C(=O)OC)=C(SC)C(=O)N1C. The monoisotopic (exact) mass is 244 g/mol. The lowest BCUT2D eigenvalue weighted by atomic mass is 10.2. The quantitative estimate of drug-likeness (QED) is 0.524. The fourth-order valence-electron chi connectivity index (χ4n) is 1.29. The van der Waals surface area contributed by atoms with Crippen molar-refractivity contribution in [3.8, 4) is 0 Å². The van der Waals surface area contributed by atoms with Gasteiger partial charge in [0.15, 0.2) is 5.84 Å². The summed E-state index contributed by atoms with van der Waals surface area (Å²) in [7, 11) is 4.12. The van der Waals surface area contributed by atoms with Crippen LogP contribution in [0.15, 0.2) is 15.6 Å². The Bertz CT molecular complexity index is 389. The van der Waals surface area contributed by atoms with Gasteiger partial charge in [0.05, 0.1) is 12.0 Å². The van der Waals surface area contributed by atoms with Gasteiger partial charge in [-0.15, -0.1) is 11.8 Å². The summed E-state index contributed by atoms with van der Waals surface area (Å²) in [5, 5.41) is 3.65. The van der Waals surface area contributed by atoms with Gasteiger partial charge in [0.1, 0.15) is 12.7 Å². The molecule has 0 aromatic rings. The van der Waals surface area contributed by atoms with Crippen molar-refractivity contribution in [3.63, 3.8) is 0 Å². The number of rotatable bonds is 3. The van der Waals surface area contributed by atoms with Crippen LogP contribution in [0, 0.1) is 0 Å². The molecule has 6 nitrogen and oxygen atoms in total. The smallest absolute Gasteiger partial charge is 0.343 e. The van der Waals surface area contributed by atoms with Crippen LogP contribution in [0.1, 0.15) is 0 Å². The molecule has 7 heteroatoms. The second-order valence-electron chi connectivity index (χ2n) is 2.86. The van der Waals surface area contributed by atoms with Gasteiger partial charge in [-0.3, -0.25) is 9.69 Å². The molecule has 1 rings (SSSR count). The number of ether oxygens (including phenoxy) is 1. The molecular weight excluding hydrogens is 232 g/mol. The van der Waals surface area contributed by atoms with Crippen molar-refractivity contribution in [1.29, 1.82) is 0 Å². The molecule has 0 aliphatic carbocycles. The molecule has 0 saturated heterocycles. The molecule has 1 aliphatic heterocycles.